The summed E-state index contributed by atoms with van der Waals surface area (Å²) in [5.74, 6) is -0.478. The van der Waals surface area contributed by atoms with Gasteiger partial charge in [-0.1, -0.05) is 0 Å². The maximum Gasteiger partial charge on any atom is 0.306 e. The number of aliphatic hydroxyl groups excluding tert-OH is 1. The van der Waals surface area contributed by atoms with Crippen molar-refractivity contribution < 1.29 is 23.1 Å². The van der Waals surface area contributed by atoms with Gasteiger partial charge in [0.05, 0.1) is 25.7 Å². The molecule has 0 aromatic carbocycles. The van der Waals surface area contributed by atoms with Crippen LogP contribution in [0.4, 0.5) is 0 Å². The lowest BCUT2D eigenvalue weighted by Gasteiger charge is -2.26. The largest absolute Gasteiger partial charge is 0.469 e. The number of hydrogen-bond acceptors (Lipinski definition) is 5. The fraction of sp³-hybridized carbons (Fsp3) is 0.889. The molecule has 102 valence electrons. The van der Waals surface area contributed by atoms with E-state index in [0.29, 0.717) is 0 Å². The number of ether oxygens (including phenoxy) is 1. The maximum absolute atomic E-state index is 11.8. The van der Waals surface area contributed by atoms with Gasteiger partial charge in [0.2, 0.25) is 0 Å². The van der Waals surface area contributed by atoms with Crippen molar-refractivity contribution in [2.45, 2.75) is 25.8 Å². The monoisotopic (exact) mass is 268 g/mol. The molecule has 0 radical (unpaired) electrons. The number of nitrogens with zero attached hydrogens (tertiary/aromatic N) is 1. The second kappa shape index (κ2) is 6.29. The molecule has 0 atom stereocenters. The molecule has 0 saturated carbocycles. The van der Waals surface area contributed by atoms with Crippen molar-refractivity contribution in [2.24, 2.45) is 0 Å². The van der Waals surface area contributed by atoms with Crippen LogP contribution >= 0.6 is 0 Å². The van der Waals surface area contributed by atoms with Crippen LogP contribution < -0.4 is 4.72 Å². The predicted octanol–water partition coefficient (Wildman–Crippen LogP) is -0.913. The Labute approximate surface area is 102 Å². The van der Waals surface area contributed by atoms with Gasteiger partial charge < -0.3 is 9.84 Å². The van der Waals surface area contributed by atoms with E-state index in [2.05, 4.69) is 9.46 Å². The summed E-state index contributed by atoms with van der Waals surface area (Å²) < 4.78 is 31.3. The van der Waals surface area contributed by atoms with Gasteiger partial charge >= 0.3 is 5.97 Å². The average molecular weight is 268 g/mol. The SMILES string of the molecule is COC(=O)CCN(C)S(=O)(=O)NC(C)(C)CO. The molecule has 17 heavy (non-hydrogen) atoms. The quantitative estimate of drug-likeness (QED) is 0.583. The van der Waals surface area contributed by atoms with Crippen molar-refractivity contribution in [1.29, 1.82) is 0 Å². The van der Waals surface area contributed by atoms with Crippen molar-refractivity contribution in [3.63, 3.8) is 0 Å². The number of rotatable bonds is 7. The molecule has 0 spiro atoms. The predicted molar refractivity (Wildman–Crippen MR) is 62.5 cm³/mol. The number of nitrogens with one attached hydrogen (secondary N) is 1. The summed E-state index contributed by atoms with van der Waals surface area (Å²) in [6.45, 7) is 2.80. The van der Waals surface area contributed by atoms with Gasteiger partial charge in [0.25, 0.3) is 10.2 Å². The summed E-state index contributed by atoms with van der Waals surface area (Å²) in [6.07, 6.45) is -0.0204. The summed E-state index contributed by atoms with van der Waals surface area (Å²) in [4.78, 5) is 10.9. The second-order valence-corrected chi connectivity index (χ2v) is 6.07. The van der Waals surface area contributed by atoms with Crippen molar-refractivity contribution in [1.82, 2.24) is 9.03 Å². The molecule has 2 N–H and O–H groups in total. The smallest absolute Gasteiger partial charge is 0.306 e. The van der Waals surface area contributed by atoms with Gasteiger partial charge in [-0.2, -0.15) is 17.4 Å². The van der Waals surface area contributed by atoms with E-state index in [9.17, 15) is 13.2 Å². The molecule has 0 bridgehead atoms. The van der Waals surface area contributed by atoms with E-state index in [1.165, 1.54) is 14.2 Å². The van der Waals surface area contributed by atoms with Crippen LogP contribution in [0.3, 0.4) is 0 Å². The molecule has 0 aromatic rings. The minimum atomic E-state index is -3.72. The number of carbonyl (C=O) groups is 1. The summed E-state index contributed by atoms with van der Waals surface area (Å²) in [5, 5.41) is 8.98. The summed E-state index contributed by atoms with van der Waals surface area (Å²) in [6, 6.07) is 0. The van der Waals surface area contributed by atoms with Crippen LogP contribution in [-0.2, 0) is 19.7 Å². The highest BCUT2D eigenvalue weighted by Gasteiger charge is 2.27. The second-order valence-electron chi connectivity index (χ2n) is 4.30. The highest BCUT2D eigenvalue weighted by Crippen LogP contribution is 2.06. The highest BCUT2D eigenvalue weighted by atomic mass is 32.2. The molecule has 8 heteroatoms. The van der Waals surface area contributed by atoms with Crippen LogP contribution in [0.15, 0.2) is 0 Å². The molecule has 0 fully saturated rings. The van der Waals surface area contributed by atoms with Crippen LogP contribution in [0.1, 0.15) is 20.3 Å². The van der Waals surface area contributed by atoms with Crippen LogP contribution in [0.2, 0.25) is 0 Å². The normalized spacial score (nSPS) is 12.8. The number of hydrogen-bond donors (Lipinski definition) is 2. The molecule has 0 unspecified atom stereocenters. The first-order valence-electron chi connectivity index (χ1n) is 5.07. The molecule has 0 saturated heterocycles. The van der Waals surface area contributed by atoms with E-state index in [1.807, 2.05) is 0 Å². The molecule has 0 aliphatic heterocycles. The van der Waals surface area contributed by atoms with E-state index in [-0.39, 0.29) is 19.6 Å². The molecule has 7 nitrogen and oxygen atoms in total. The zero-order valence-corrected chi connectivity index (χ0v) is 11.4. The van der Waals surface area contributed by atoms with Gasteiger partial charge in [-0.05, 0) is 13.8 Å². The first-order chi connectivity index (χ1) is 7.64. The fourth-order valence-corrected chi connectivity index (χ4v) is 2.18. The van der Waals surface area contributed by atoms with E-state index in [1.54, 1.807) is 13.8 Å². The number of carbonyl (C=O) groups excluding carboxylic acids is 1. The van der Waals surface area contributed by atoms with E-state index < -0.39 is 21.7 Å². The van der Waals surface area contributed by atoms with Crippen molar-refractivity contribution >= 4 is 16.2 Å². The molecular formula is C9H20N2O5S. The molecule has 0 aliphatic carbocycles. The standard InChI is InChI=1S/C9H20N2O5S/c1-9(2,7-12)10-17(14,15)11(3)6-5-8(13)16-4/h10,12H,5-7H2,1-4H3. The molecular weight excluding hydrogens is 248 g/mol. The Hall–Kier alpha value is -0.700. The number of methoxy groups -OCH3 is 1. The van der Waals surface area contributed by atoms with E-state index in [0.717, 1.165) is 4.31 Å². The van der Waals surface area contributed by atoms with Gasteiger partial charge in [-0.3, -0.25) is 4.79 Å². The molecule has 0 aliphatic rings. The summed E-state index contributed by atoms with van der Waals surface area (Å²) in [5.41, 5.74) is -0.946. The minimum Gasteiger partial charge on any atom is -0.469 e. The van der Waals surface area contributed by atoms with Crippen molar-refractivity contribution in [3.05, 3.63) is 0 Å². The van der Waals surface area contributed by atoms with E-state index in [4.69, 9.17) is 5.11 Å². The molecule has 0 aromatic heterocycles. The minimum absolute atomic E-state index is 0.0174. The Bertz CT molecular complexity index is 352. The Balaban J connectivity index is 4.46. The Kier molecular flexibility index (Phi) is 6.03. The molecule has 0 rings (SSSR count). The third-order valence-corrected chi connectivity index (χ3v) is 3.88. The highest BCUT2D eigenvalue weighted by molar-refractivity contribution is 7.87. The van der Waals surface area contributed by atoms with Crippen LogP contribution in [0, 0.1) is 0 Å². The number of aliphatic hydroxyl groups is 1. The fourth-order valence-electron chi connectivity index (χ4n) is 0.930. The lowest BCUT2D eigenvalue weighted by atomic mass is 10.1. The lowest BCUT2D eigenvalue weighted by molar-refractivity contribution is -0.140. The Morgan fingerprint density at radius 1 is 1.47 bits per heavy atom. The Morgan fingerprint density at radius 2 is 2.00 bits per heavy atom. The van der Waals surface area contributed by atoms with Gasteiger partial charge in [0.1, 0.15) is 0 Å². The molecule has 0 heterocycles. The third-order valence-electron chi connectivity index (χ3n) is 2.07. The first kappa shape index (κ1) is 16.3. The van der Waals surface area contributed by atoms with Gasteiger partial charge in [-0.25, -0.2) is 0 Å². The topological polar surface area (TPSA) is 95.9 Å². The van der Waals surface area contributed by atoms with Crippen LogP contribution in [0.5, 0.6) is 0 Å². The van der Waals surface area contributed by atoms with Crippen molar-refractivity contribution in [2.75, 3.05) is 27.3 Å². The zero-order chi connectivity index (χ0) is 13.7. The lowest BCUT2D eigenvalue weighted by Crippen LogP contribution is -2.51. The summed E-state index contributed by atoms with van der Waals surface area (Å²) >= 11 is 0. The third kappa shape index (κ3) is 5.97. The maximum atomic E-state index is 11.8. The van der Waals surface area contributed by atoms with Gasteiger partial charge in [0.15, 0.2) is 0 Å². The van der Waals surface area contributed by atoms with Crippen LogP contribution in [0.25, 0.3) is 0 Å². The molecule has 0 amide bonds. The van der Waals surface area contributed by atoms with Gasteiger partial charge in [0, 0.05) is 13.6 Å². The zero-order valence-electron chi connectivity index (χ0n) is 10.6. The van der Waals surface area contributed by atoms with Crippen LogP contribution in [-0.4, -0.2) is 56.6 Å². The number of esters is 1. The average Bonchev–Trinajstić information content (AvgIpc) is 2.23. The van der Waals surface area contributed by atoms with Crippen molar-refractivity contribution in [3.8, 4) is 0 Å². The summed E-state index contributed by atoms with van der Waals surface area (Å²) in [7, 11) is -1.13. The van der Waals surface area contributed by atoms with E-state index >= 15 is 0 Å². The first-order valence-corrected chi connectivity index (χ1v) is 6.51. The Morgan fingerprint density at radius 3 is 2.41 bits per heavy atom. The van der Waals surface area contributed by atoms with Gasteiger partial charge in [-0.15, -0.1) is 0 Å².